The van der Waals surface area contributed by atoms with Crippen LogP contribution in [0.3, 0.4) is 0 Å². The molecule has 0 radical (unpaired) electrons. The number of carbonyl (C=O) groups excluding carboxylic acids is 1. The normalized spacial score (nSPS) is 10.3. The van der Waals surface area contributed by atoms with Crippen molar-refractivity contribution in [3.63, 3.8) is 0 Å². The molecule has 0 amide bonds. The molecule has 0 fully saturated rings. The molecule has 2 aromatic carbocycles. The van der Waals surface area contributed by atoms with Gasteiger partial charge >= 0.3 is 5.97 Å². The van der Waals surface area contributed by atoms with Gasteiger partial charge in [-0.15, -0.1) is 0 Å². The predicted octanol–water partition coefficient (Wildman–Crippen LogP) is 4.06. The van der Waals surface area contributed by atoms with Gasteiger partial charge in [0.05, 0.1) is 15.6 Å². The highest BCUT2D eigenvalue weighted by molar-refractivity contribution is 6.32. The summed E-state index contributed by atoms with van der Waals surface area (Å²) in [5, 5.41) is 9.25. The molecule has 1 N–H and O–H groups in total. The van der Waals surface area contributed by atoms with E-state index in [2.05, 4.69) is 0 Å². The average Bonchev–Trinajstić information content (AvgIpc) is 2.36. The van der Waals surface area contributed by atoms with Gasteiger partial charge in [0.2, 0.25) is 0 Å². The zero-order valence-electron chi connectivity index (χ0n) is 9.36. The molecule has 2 aromatic rings. The molecule has 0 spiro atoms. The van der Waals surface area contributed by atoms with Gasteiger partial charge in [0, 0.05) is 0 Å². The largest absolute Gasteiger partial charge is 0.506 e. The van der Waals surface area contributed by atoms with E-state index >= 15 is 0 Å². The number of hydrogen-bond donors (Lipinski definition) is 1. The average molecular weight is 301 g/mol. The van der Waals surface area contributed by atoms with Gasteiger partial charge in [-0.05, 0) is 36.4 Å². The second kappa shape index (κ2) is 5.47. The van der Waals surface area contributed by atoms with Crippen molar-refractivity contribution in [2.75, 3.05) is 0 Å². The van der Waals surface area contributed by atoms with Crippen LogP contribution >= 0.6 is 23.2 Å². The van der Waals surface area contributed by atoms with Crippen LogP contribution in [0.5, 0.6) is 11.5 Å². The van der Waals surface area contributed by atoms with E-state index in [1.807, 2.05) is 0 Å². The number of carbonyl (C=O) groups is 1. The van der Waals surface area contributed by atoms with Gasteiger partial charge in [-0.3, -0.25) is 0 Å². The second-order valence-corrected chi connectivity index (χ2v) is 4.44. The second-order valence-electron chi connectivity index (χ2n) is 3.63. The highest BCUT2D eigenvalue weighted by atomic mass is 35.5. The van der Waals surface area contributed by atoms with Crippen molar-refractivity contribution in [2.24, 2.45) is 0 Å². The summed E-state index contributed by atoms with van der Waals surface area (Å²) in [6.45, 7) is 0. The molecule has 0 saturated carbocycles. The first kappa shape index (κ1) is 13.6. The minimum Gasteiger partial charge on any atom is -0.506 e. The summed E-state index contributed by atoms with van der Waals surface area (Å²) in [5.74, 6) is -1.34. The number of hydrogen-bond acceptors (Lipinski definition) is 3. The van der Waals surface area contributed by atoms with Crippen molar-refractivity contribution >= 4 is 29.2 Å². The molecule has 19 heavy (non-hydrogen) atoms. The van der Waals surface area contributed by atoms with Crippen molar-refractivity contribution in [1.29, 1.82) is 0 Å². The highest BCUT2D eigenvalue weighted by Crippen LogP contribution is 2.27. The maximum absolute atomic E-state index is 12.8. The van der Waals surface area contributed by atoms with Crippen LogP contribution in [0.25, 0.3) is 0 Å². The zero-order chi connectivity index (χ0) is 14.0. The molecule has 0 aliphatic carbocycles. The van der Waals surface area contributed by atoms with Gasteiger partial charge < -0.3 is 9.84 Å². The maximum atomic E-state index is 12.8. The van der Waals surface area contributed by atoms with E-state index in [9.17, 15) is 14.3 Å². The zero-order valence-corrected chi connectivity index (χ0v) is 10.9. The Morgan fingerprint density at radius 3 is 2.47 bits per heavy atom. The first-order valence-corrected chi connectivity index (χ1v) is 5.88. The van der Waals surface area contributed by atoms with Crippen molar-refractivity contribution < 1.29 is 19.0 Å². The lowest BCUT2D eigenvalue weighted by molar-refractivity contribution is 0.0734. The number of phenolic OH excluding ortho intramolecular Hbond substituents is 1. The summed E-state index contributed by atoms with van der Waals surface area (Å²) < 4.78 is 17.8. The molecular formula is C13H7Cl2FO3. The summed E-state index contributed by atoms with van der Waals surface area (Å²) >= 11 is 11.4. The minimum atomic E-state index is -0.713. The van der Waals surface area contributed by atoms with Crippen molar-refractivity contribution in [3.05, 3.63) is 57.8 Å². The van der Waals surface area contributed by atoms with E-state index in [4.69, 9.17) is 27.9 Å². The molecule has 98 valence electrons. The van der Waals surface area contributed by atoms with Crippen molar-refractivity contribution in [2.45, 2.75) is 0 Å². The number of benzene rings is 2. The molecule has 0 saturated heterocycles. The van der Waals surface area contributed by atoms with Crippen LogP contribution in [-0.2, 0) is 0 Å². The SMILES string of the molecule is O=C(Oc1ccc(F)cc1Cl)c1ccc(O)c(Cl)c1. The Balaban J connectivity index is 2.23. The molecule has 0 aromatic heterocycles. The van der Waals surface area contributed by atoms with Crippen LogP contribution in [0.1, 0.15) is 10.4 Å². The molecule has 6 heteroatoms. The summed E-state index contributed by atoms with van der Waals surface area (Å²) in [7, 11) is 0. The predicted molar refractivity (Wildman–Crippen MR) is 69.5 cm³/mol. The van der Waals surface area contributed by atoms with Gasteiger partial charge in [0.25, 0.3) is 0 Å². The maximum Gasteiger partial charge on any atom is 0.343 e. The van der Waals surface area contributed by atoms with Gasteiger partial charge in [0.1, 0.15) is 17.3 Å². The van der Waals surface area contributed by atoms with E-state index < -0.39 is 11.8 Å². The van der Waals surface area contributed by atoms with Crippen molar-refractivity contribution in [1.82, 2.24) is 0 Å². The van der Waals surface area contributed by atoms with Crippen LogP contribution in [0, 0.1) is 5.82 Å². The molecule has 0 atom stereocenters. The molecule has 0 unspecified atom stereocenters. The molecule has 0 aliphatic rings. The first-order chi connectivity index (χ1) is 8.97. The summed E-state index contributed by atoms with van der Waals surface area (Å²) in [4.78, 5) is 11.8. The summed E-state index contributed by atoms with van der Waals surface area (Å²) in [5.41, 5.74) is 0.142. The lowest BCUT2D eigenvalue weighted by Crippen LogP contribution is -2.08. The van der Waals surface area contributed by atoms with Crippen LogP contribution in [0.2, 0.25) is 10.0 Å². The Bertz CT molecular complexity index is 644. The van der Waals surface area contributed by atoms with Crippen LogP contribution in [-0.4, -0.2) is 11.1 Å². The Labute approximate surface area is 118 Å². The number of ether oxygens (including phenoxy) is 1. The summed E-state index contributed by atoms with van der Waals surface area (Å²) in [6.07, 6.45) is 0. The third-order valence-electron chi connectivity index (χ3n) is 2.28. The number of rotatable bonds is 2. The summed E-state index contributed by atoms with van der Waals surface area (Å²) in [6, 6.07) is 7.28. The Hall–Kier alpha value is -1.78. The lowest BCUT2D eigenvalue weighted by atomic mass is 10.2. The Kier molecular flexibility index (Phi) is 3.93. The fraction of sp³-hybridized carbons (Fsp3) is 0. The Morgan fingerprint density at radius 1 is 1.11 bits per heavy atom. The van der Waals surface area contributed by atoms with Gasteiger partial charge in [0.15, 0.2) is 0 Å². The smallest absolute Gasteiger partial charge is 0.343 e. The van der Waals surface area contributed by atoms with Gasteiger partial charge in [-0.2, -0.15) is 0 Å². The van der Waals surface area contributed by atoms with Crippen molar-refractivity contribution in [3.8, 4) is 11.5 Å². The van der Waals surface area contributed by atoms with Crippen LogP contribution in [0.15, 0.2) is 36.4 Å². The number of aromatic hydroxyl groups is 1. The molecule has 0 bridgehead atoms. The fourth-order valence-electron chi connectivity index (χ4n) is 1.35. The number of phenols is 1. The monoisotopic (exact) mass is 300 g/mol. The minimum absolute atomic E-state index is 0.0155. The molecule has 0 heterocycles. The molecule has 2 rings (SSSR count). The first-order valence-electron chi connectivity index (χ1n) is 5.13. The molecular weight excluding hydrogens is 294 g/mol. The van der Waals surface area contributed by atoms with E-state index in [-0.39, 0.29) is 27.1 Å². The van der Waals surface area contributed by atoms with E-state index in [0.29, 0.717) is 0 Å². The van der Waals surface area contributed by atoms with E-state index in [0.717, 1.165) is 12.1 Å². The highest BCUT2D eigenvalue weighted by Gasteiger charge is 2.13. The van der Waals surface area contributed by atoms with Gasteiger partial charge in [-0.25, -0.2) is 9.18 Å². The Morgan fingerprint density at radius 2 is 1.84 bits per heavy atom. The number of halogens is 3. The fourth-order valence-corrected chi connectivity index (χ4v) is 1.74. The van der Waals surface area contributed by atoms with Gasteiger partial charge in [-0.1, -0.05) is 23.2 Å². The molecule has 3 nitrogen and oxygen atoms in total. The topological polar surface area (TPSA) is 46.5 Å². The molecule has 0 aliphatic heterocycles. The standard InChI is InChI=1S/C13H7Cl2FO3/c14-9-5-7(1-3-11(9)17)13(18)19-12-4-2-8(16)6-10(12)15/h1-6,17H. The number of esters is 1. The lowest BCUT2D eigenvalue weighted by Gasteiger charge is -2.06. The third kappa shape index (κ3) is 3.16. The van der Waals surface area contributed by atoms with E-state index in [1.165, 1.54) is 24.3 Å². The van der Waals surface area contributed by atoms with Crippen LogP contribution < -0.4 is 4.74 Å². The quantitative estimate of drug-likeness (QED) is 0.672. The van der Waals surface area contributed by atoms with Crippen LogP contribution in [0.4, 0.5) is 4.39 Å². The van der Waals surface area contributed by atoms with E-state index in [1.54, 1.807) is 0 Å². The third-order valence-corrected chi connectivity index (χ3v) is 2.88.